The van der Waals surface area contributed by atoms with Crippen molar-refractivity contribution in [1.82, 2.24) is 0 Å². The maximum atomic E-state index is 8.54. The standard InChI is InChI=1S/C8H7N2/c1-10-8-5-3-2-4-7(8)6-9/h3-5,10H,1H3. The van der Waals surface area contributed by atoms with E-state index in [1.54, 1.807) is 19.2 Å². The minimum Gasteiger partial charge on any atom is -0.387 e. The molecule has 10 heavy (non-hydrogen) atoms. The third-order valence-electron chi connectivity index (χ3n) is 1.25. The summed E-state index contributed by atoms with van der Waals surface area (Å²) >= 11 is 0. The van der Waals surface area contributed by atoms with E-state index < -0.39 is 0 Å². The molecule has 0 saturated heterocycles. The van der Waals surface area contributed by atoms with Crippen molar-refractivity contribution in [1.29, 1.82) is 5.26 Å². The molecule has 0 amide bonds. The summed E-state index contributed by atoms with van der Waals surface area (Å²) in [5.74, 6) is 0. The van der Waals surface area contributed by atoms with Gasteiger partial charge in [0.2, 0.25) is 0 Å². The number of hydrogen-bond donors (Lipinski definition) is 1. The molecule has 1 aromatic rings. The van der Waals surface area contributed by atoms with Crippen molar-refractivity contribution in [2.75, 3.05) is 12.4 Å². The molecule has 0 spiro atoms. The molecule has 0 unspecified atom stereocenters. The van der Waals surface area contributed by atoms with Gasteiger partial charge in [0.15, 0.2) is 0 Å². The molecular weight excluding hydrogens is 124 g/mol. The number of benzene rings is 1. The second-order valence-corrected chi connectivity index (χ2v) is 1.83. The summed E-state index contributed by atoms with van der Waals surface area (Å²) in [5, 5.41) is 11.4. The molecule has 0 fully saturated rings. The molecule has 0 aliphatic rings. The molecule has 0 aliphatic heterocycles. The topological polar surface area (TPSA) is 35.8 Å². The molecule has 0 aliphatic carbocycles. The van der Waals surface area contributed by atoms with Gasteiger partial charge in [-0.3, -0.25) is 0 Å². The highest BCUT2D eigenvalue weighted by Gasteiger charge is 1.94. The van der Waals surface area contributed by atoms with Crippen LogP contribution in [-0.2, 0) is 0 Å². The van der Waals surface area contributed by atoms with Crippen molar-refractivity contribution in [3.05, 3.63) is 29.8 Å². The maximum Gasteiger partial charge on any atom is 0.101 e. The van der Waals surface area contributed by atoms with Crippen LogP contribution in [0.25, 0.3) is 0 Å². The van der Waals surface area contributed by atoms with E-state index in [9.17, 15) is 0 Å². The van der Waals surface area contributed by atoms with E-state index in [1.165, 1.54) is 0 Å². The van der Waals surface area contributed by atoms with Gasteiger partial charge in [0.05, 0.1) is 11.3 Å². The quantitative estimate of drug-likeness (QED) is 0.625. The molecule has 0 aromatic heterocycles. The van der Waals surface area contributed by atoms with Gasteiger partial charge in [-0.2, -0.15) is 5.26 Å². The fourth-order valence-electron chi connectivity index (χ4n) is 0.741. The molecule has 0 heterocycles. The molecule has 1 aromatic carbocycles. The van der Waals surface area contributed by atoms with Crippen molar-refractivity contribution in [3.63, 3.8) is 0 Å². The highest BCUT2D eigenvalue weighted by molar-refractivity contribution is 5.56. The minimum atomic E-state index is 0.630. The number of rotatable bonds is 1. The molecular formula is C8H7N2. The SMILES string of the molecule is CNc1cc[c]cc1C#N. The Morgan fingerprint density at radius 1 is 1.70 bits per heavy atom. The summed E-state index contributed by atoms with van der Waals surface area (Å²) in [6, 6.07) is 10.1. The molecule has 2 heteroatoms. The molecule has 0 saturated carbocycles. The summed E-state index contributed by atoms with van der Waals surface area (Å²) in [5.41, 5.74) is 1.48. The first kappa shape index (κ1) is 6.63. The largest absolute Gasteiger partial charge is 0.387 e. The lowest BCUT2D eigenvalue weighted by atomic mass is 10.2. The Morgan fingerprint density at radius 3 is 3.00 bits per heavy atom. The molecule has 1 N–H and O–H groups in total. The summed E-state index contributed by atoms with van der Waals surface area (Å²) in [7, 11) is 1.79. The molecule has 0 atom stereocenters. The van der Waals surface area contributed by atoms with Crippen molar-refractivity contribution in [2.24, 2.45) is 0 Å². The smallest absolute Gasteiger partial charge is 0.101 e. The molecule has 1 radical (unpaired) electrons. The number of nitrogens with one attached hydrogen (secondary N) is 1. The van der Waals surface area contributed by atoms with Crippen LogP contribution in [-0.4, -0.2) is 7.05 Å². The Morgan fingerprint density at radius 2 is 2.50 bits per heavy atom. The first-order chi connectivity index (χ1) is 4.88. The lowest BCUT2D eigenvalue weighted by Crippen LogP contribution is -1.90. The van der Waals surface area contributed by atoms with Gasteiger partial charge in [-0.05, 0) is 18.2 Å². The first-order valence-corrected chi connectivity index (χ1v) is 2.96. The van der Waals surface area contributed by atoms with E-state index >= 15 is 0 Å². The predicted molar refractivity (Wildman–Crippen MR) is 39.5 cm³/mol. The van der Waals surface area contributed by atoms with Gasteiger partial charge in [-0.25, -0.2) is 0 Å². The molecule has 0 bridgehead atoms. The van der Waals surface area contributed by atoms with Crippen molar-refractivity contribution >= 4 is 5.69 Å². The highest BCUT2D eigenvalue weighted by Crippen LogP contribution is 2.10. The highest BCUT2D eigenvalue weighted by atomic mass is 14.8. The molecule has 49 valence electrons. The van der Waals surface area contributed by atoms with Crippen LogP contribution in [0.15, 0.2) is 18.2 Å². The Hall–Kier alpha value is -1.49. The van der Waals surface area contributed by atoms with E-state index in [2.05, 4.69) is 17.5 Å². The van der Waals surface area contributed by atoms with Gasteiger partial charge >= 0.3 is 0 Å². The minimum absolute atomic E-state index is 0.630. The van der Waals surface area contributed by atoms with Gasteiger partial charge in [0, 0.05) is 7.05 Å². The van der Waals surface area contributed by atoms with Crippen LogP contribution in [0, 0.1) is 17.4 Å². The van der Waals surface area contributed by atoms with Crippen molar-refractivity contribution in [2.45, 2.75) is 0 Å². The predicted octanol–water partition coefficient (Wildman–Crippen LogP) is 1.40. The second-order valence-electron chi connectivity index (χ2n) is 1.83. The zero-order valence-electron chi connectivity index (χ0n) is 5.68. The zero-order chi connectivity index (χ0) is 7.40. The Labute approximate surface area is 60.1 Å². The third kappa shape index (κ3) is 1.08. The number of anilines is 1. The number of hydrogen-bond acceptors (Lipinski definition) is 2. The van der Waals surface area contributed by atoms with Gasteiger partial charge in [-0.1, -0.05) is 6.07 Å². The van der Waals surface area contributed by atoms with E-state index in [1.807, 2.05) is 6.07 Å². The summed E-state index contributed by atoms with van der Waals surface area (Å²) in [6.45, 7) is 0. The molecule has 1 rings (SSSR count). The van der Waals surface area contributed by atoms with E-state index in [4.69, 9.17) is 5.26 Å². The van der Waals surface area contributed by atoms with Crippen LogP contribution >= 0.6 is 0 Å². The van der Waals surface area contributed by atoms with Crippen LogP contribution in [0.4, 0.5) is 5.69 Å². The zero-order valence-corrected chi connectivity index (χ0v) is 5.68. The van der Waals surface area contributed by atoms with E-state index in [0.29, 0.717) is 5.56 Å². The third-order valence-corrected chi connectivity index (χ3v) is 1.25. The van der Waals surface area contributed by atoms with Gasteiger partial charge in [0.25, 0.3) is 0 Å². The normalized spacial score (nSPS) is 8.40. The maximum absolute atomic E-state index is 8.54. The van der Waals surface area contributed by atoms with Crippen LogP contribution in [0.5, 0.6) is 0 Å². The number of nitriles is 1. The Bertz CT molecular complexity index is 260. The first-order valence-electron chi connectivity index (χ1n) is 2.96. The molecule has 2 nitrogen and oxygen atoms in total. The van der Waals surface area contributed by atoms with Gasteiger partial charge < -0.3 is 5.32 Å². The fourth-order valence-corrected chi connectivity index (χ4v) is 0.741. The van der Waals surface area contributed by atoms with Crippen LogP contribution in [0.1, 0.15) is 5.56 Å². The van der Waals surface area contributed by atoms with Crippen molar-refractivity contribution < 1.29 is 0 Å². The van der Waals surface area contributed by atoms with Crippen LogP contribution in [0.2, 0.25) is 0 Å². The average Bonchev–Trinajstić information content (AvgIpc) is 2.04. The second kappa shape index (κ2) is 2.88. The monoisotopic (exact) mass is 131 g/mol. The summed E-state index contributed by atoms with van der Waals surface area (Å²) in [4.78, 5) is 0. The number of nitrogens with zero attached hydrogens (tertiary/aromatic N) is 1. The van der Waals surface area contributed by atoms with Crippen LogP contribution in [0.3, 0.4) is 0 Å². The van der Waals surface area contributed by atoms with E-state index in [-0.39, 0.29) is 0 Å². The fraction of sp³-hybridized carbons (Fsp3) is 0.125. The van der Waals surface area contributed by atoms with Gasteiger partial charge in [0.1, 0.15) is 6.07 Å². The lowest BCUT2D eigenvalue weighted by molar-refractivity contribution is 1.44. The average molecular weight is 131 g/mol. The van der Waals surface area contributed by atoms with E-state index in [0.717, 1.165) is 5.69 Å². The Kier molecular flexibility index (Phi) is 1.91. The Balaban J connectivity index is 3.12. The summed E-state index contributed by atoms with van der Waals surface area (Å²) < 4.78 is 0. The van der Waals surface area contributed by atoms with Crippen LogP contribution < -0.4 is 5.32 Å². The lowest BCUT2D eigenvalue weighted by Gasteiger charge is -1.98. The van der Waals surface area contributed by atoms with Gasteiger partial charge in [-0.15, -0.1) is 0 Å². The summed E-state index contributed by atoms with van der Waals surface area (Å²) in [6.07, 6.45) is 0. The van der Waals surface area contributed by atoms with Crippen molar-refractivity contribution in [3.8, 4) is 6.07 Å².